The Labute approximate surface area is 157 Å². The lowest BCUT2D eigenvalue weighted by molar-refractivity contribution is 0.0520. The van der Waals surface area contributed by atoms with Crippen molar-refractivity contribution in [3.63, 3.8) is 0 Å². The zero-order valence-electron chi connectivity index (χ0n) is 14.6. The van der Waals surface area contributed by atoms with Crippen LogP contribution in [0.1, 0.15) is 23.0 Å². The number of aliphatic imine (C=N–C) groups is 1. The molecule has 0 spiro atoms. The minimum Gasteiger partial charge on any atom is -0.494 e. The van der Waals surface area contributed by atoms with Crippen LogP contribution in [0.15, 0.2) is 28.0 Å². The number of H-pyrrole nitrogens is 2. The third-order valence-corrected chi connectivity index (χ3v) is 4.90. The Bertz CT molecular complexity index is 1110. The maximum Gasteiger partial charge on any atom is 0.354 e. The molecule has 4 rings (SSSR count). The number of benzene rings is 1. The number of aromatic amines is 2. The lowest BCUT2D eigenvalue weighted by Crippen LogP contribution is -2.21. The van der Waals surface area contributed by atoms with E-state index in [9.17, 15) is 9.59 Å². The standard InChI is InChI=1S/C17H17N5O4S/c1-3-26-16(23)11-4-8-14(18-7-19-15(8)21-11)20-9-6-13-10(5-12(9)25-2)22-17(24)27-13/h4-6,19,21H,3,7H2,1-2H3,(H,18,20)(H,22,24). The van der Waals surface area contributed by atoms with Crippen LogP contribution in [0.2, 0.25) is 0 Å². The Morgan fingerprint density at radius 3 is 2.96 bits per heavy atom. The molecule has 0 aliphatic carbocycles. The second-order valence-corrected chi connectivity index (χ2v) is 6.74. The molecule has 0 amide bonds. The minimum atomic E-state index is -0.427. The number of hydrogen-bond donors (Lipinski definition) is 4. The molecule has 2 aromatic heterocycles. The fourth-order valence-electron chi connectivity index (χ4n) is 2.86. The third-order valence-electron chi connectivity index (χ3n) is 4.06. The first kappa shape index (κ1) is 17.2. The van der Waals surface area contributed by atoms with Crippen LogP contribution in [0.5, 0.6) is 5.75 Å². The van der Waals surface area contributed by atoms with E-state index >= 15 is 0 Å². The number of hydrogen-bond acceptors (Lipinski definition) is 8. The fraction of sp³-hybridized carbons (Fsp3) is 0.235. The number of thiazole rings is 1. The molecule has 0 atom stereocenters. The van der Waals surface area contributed by atoms with E-state index in [2.05, 4.69) is 25.6 Å². The molecule has 27 heavy (non-hydrogen) atoms. The van der Waals surface area contributed by atoms with Gasteiger partial charge in [0.05, 0.1) is 35.2 Å². The molecular weight excluding hydrogens is 370 g/mol. The van der Waals surface area contributed by atoms with Gasteiger partial charge in [0.2, 0.25) is 0 Å². The summed E-state index contributed by atoms with van der Waals surface area (Å²) in [6, 6.07) is 5.28. The number of ether oxygens (including phenoxy) is 2. The molecule has 3 aromatic rings. The van der Waals surface area contributed by atoms with E-state index in [-0.39, 0.29) is 4.87 Å². The molecule has 140 valence electrons. The van der Waals surface area contributed by atoms with Crippen LogP contribution in [-0.4, -0.2) is 42.2 Å². The summed E-state index contributed by atoms with van der Waals surface area (Å²) in [6.07, 6.45) is 0. The van der Waals surface area contributed by atoms with Crippen LogP contribution in [0, 0.1) is 0 Å². The molecule has 1 aliphatic rings. The number of fused-ring (bicyclic) bond motifs is 2. The molecule has 0 unspecified atom stereocenters. The van der Waals surface area contributed by atoms with Crippen molar-refractivity contribution in [2.75, 3.05) is 31.0 Å². The third kappa shape index (κ3) is 3.14. The van der Waals surface area contributed by atoms with Crippen LogP contribution >= 0.6 is 11.3 Å². The number of esters is 1. The highest BCUT2D eigenvalue weighted by Crippen LogP contribution is 2.32. The lowest BCUT2D eigenvalue weighted by Gasteiger charge is -2.17. The van der Waals surface area contributed by atoms with E-state index in [0.717, 1.165) is 16.0 Å². The Hall–Kier alpha value is -3.27. The monoisotopic (exact) mass is 387 g/mol. The van der Waals surface area contributed by atoms with Gasteiger partial charge in [0.15, 0.2) is 0 Å². The number of carbonyl (C=O) groups excluding carboxylic acids is 1. The second kappa shape index (κ2) is 6.80. The van der Waals surface area contributed by atoms with E-state index in [1.54, 1.807) is 26.2 Å². The van der Waals surface area contributed by atoms with E-state index in [4.69, 9.17) is 9.47 Å². The normalized spacial score (nSPS) is 12.9. The Morgan fingerprint density at radius 1 is 1.33 bits per heavy atom. The smallest absolute Gasteiger partial charge is 0.354 e. The van der Waals surface area contributed by atoms with Crippen LogP contribution in [-0.2, 0) is 4.74 Å². The van der Waals surface area contributed by atoms with Gasteiger partial charge >= 0.3 is 10.8 Å². The highest BCUT2D eigenvalue weighted by Gasteiger charge is 2.22. The average molecular weight is 387 g/mol. The van der Waals surface area contributed by atoms with Crippen LogP contribution < -0.4 is 20.2 Å². The Balaban J connectivity index is 1.69. The Kier molecular flexibility index (Phi) is 4.32. The largest absolute Gasteiger partial charge is 0.494 e. The van der Waals surface area contributed by atoms with E-state index < -0.39 is 5.97 Å². The average Bonchev–Trinajstić information content (AvgIpc) is 3.24. The van der Waals surface area contributed by atoms with Crippen molar-refractivity contribution in [3.05, 3.63) is 39.1 Å². The van der Waals surface area contributed by atoms with Gasteiger partial charge in [-0.25, -0.2) is 9.79 Å². The number of carbonyl (C=O) groups is 1. The zero-order chi connectivity index (χ0) is 19.0. The number of anilines is 2. The highest BCUT2D eigenvalue weighted by atomic mass is 32.1. The van der Waals surface area contributed by atoms with Crippen LogP contribution in [0.3, 0.4) is 0 Å². The maximum absolute atomic E-state index is 12.0. The maximum atomic E-state index is 12.0. The molecule has 4 N–H and O–H groups in total. The van der Waals surface area contributed by atoms with Crippen molar-refractivity contribution < 1.29 is 14.3 Å². The molecule has 10 heteroatoms. The predicted octanol–water partition coefficient (Wildman–Crippen LogP) is 2.34. The summed E-state index contributed by atoms with van der Waals surface area (Å²) < 4.78 is 11.3. The van der Waals surface area contributed by atoms with E-state index in [0.29, 0.717) is 53.1 Å². The van der Waals surface area contributed by atoms with Crippen molar-refractivity contribution in [1.82, 2.24) is 9.97 Å². The first-order valence-corrected chi connectivity index (χ1v) is 9.07. The summed E-state index contributed by atoms with van der Waals surface area (Å²) in [7, 11) is 1.56. The lowest BCUT2D eigenvalue weighted by atomic mass is 10.2. The number of methoxy groups -OCH3 is 1. The number of nitrogens with zero attached hydrogens (tertiary/aromatic N) is 1. The zero-order valence-corrected chi connectivity index (χ0v) is 15.5. The van der Waals surface area contributed by atoms with Crippen LogP contribution in [0.25, 0.3) is 10.2 Å². The molecule has 1 aliphatic heterocycles. The van der Waals surface area contributed by atoms with Gasteiger partial charge in [0.25, 0.3) is 0 Å². The van der Waals surface area contributed by atoms with E-state index in [1.807, 2.05) is 6.07 Å². The first-order chi connectivity index (χ1) is 13.1. The summed E-state index contributed by atoms with van der Waals surface area (Å²) in [5, 5.41) is 6.34. The Morgan fingerprint density at radius 2 is 2.19 bits per heavy atom. The van der Waals surface area contributed by atoms with Gasteiger partial charge in [-0.15, -0.1) is 0 Å². The molecule has 0 fully saturated rings. The van der Waals surface area contributed by atoms with Crippen LogP contribution in [0.4, 0.5) is 11.5 Å². The molecule has 0 saturated heterocycles. The number of nitrogens with one attached hydrogen (secondary N) is 4. The fourth-order valence-corrected chi connectivity index (χ4v) is 3.62. The SMILES string of the molecule is CCOC(=O)c1cc2c([nH]1)NCN=C2Nc1cc2sc(=O)[nH]c2cc1OC. The van der Waals surface area contributed by atoms with E-state index in [1.165, 1.54) is 0 Å². The topological polar surface area (TPSA) is 121 Å². The van der Waals surface area contributed by atoms with Crippen molar-refractivity contribution in [2.45, 2.75) is 6.92 Å². The second-order valence-electron chi connectivity index (χ2n) is 5.72. The van der Waals surface area contributed by atoms with Crippen molar-refractivity contribution in [2.24, 2.45) is 4.99 Å². The molecule has 0 saturated carbocycles. The highest BCUT2D eigenvalue weighted by molar-refractivity contribution is 7.16. The number of aromatic nitrogens is 2. The summed E-state index contributed by atoms with van der Waals surface area (Å²) in [5.41, 5.74) is 2.45. The predicted molar refractivity (Wildman–Crippen MR) is 104 cm³/mol. The summed E-state index contributed by atoms with van der Waals surface area (Å²) in [5.74, 6) is 1.41. The van der Waals surface area contributed by atoms with Crippen molar-refractivity contribution in [1.29, 1.82) is 0 Å². The number of rotatable bonds is 4. The van der Waals surface area contributed by atoms with Crippen molar-refractivity contribution in [3.8, 4) is 5.75 Å². The van der Waals surface area contributed by atoms with Gasteiger partial charge in [0.1, 0.15) is 29.8 Å². The van der Waals surface area contributed by atoms with Gasteiger partial charge in [-0.2, -0.15) is 0 Å². The minimum absolute atomic E-state index is 0.129. The van der Waals surface area contributed by atoms with Gasteiger partial charge in [-0.3, -0.25) is 4.79 Å². The summed E-state index contributed by atoms with van der Waals surface area (Å²) in [4.78, 5) is 33.7. The first-order valence-electron chi connectivity index (χ1n) is 8.25. The van der Waals surface area contributed by atoms with Gasteiger partial charge < -0.3 is 30.1 Å². The molecule has 0 radical (unpaired) electrons. The summed E-state index contributed by atoms with van der Waals surface area (Å²) >= 11 is 1.12. The van der Waals surface area contributed by atoms with Gasteiger partial charge in [-0.05, 0) is 19.1 Å². The van der Waals surface area contributed by atoms with Crippen molar-refractivity contribution >= 4 is 44.9 Å². The molecule has 0 bridgehead atoms. The molecule has 3 heterocycles. The summed E-state index contributed by atoms with van der Waals surface area (Å²) in [6.45, 7) is 2.40. The quantitative estimate of drug-likeness (QED) is 0.510. The molecule has 1 aromatic carbocycles. The molecule has 9 nitrogen and oxygen atoms in total. The number of amidine groups is 1. The molecular formula is C17H17N5O4S. The van der Waals surface area contributed by atoms with Gasteiger partial charge in [0, 0.05) is 6.07 Å². The van der Waals surface area contributed by atoms with Gasteiger partial charge in [-0.1, -0.05) is 11.3 Å².